The van der Waals surface area contributed by atoms with E-state index in [1.54, 1.807) is 55.4 Å². The normalized spacial score (nSPS) is 21.4. The van der Waals surface area contributed by atoms with E-state index in [2.05, 4.69) is 10.6 Å². The van der Waals surface area contributed by atoms with Gasteiger partial charge in [0, 0.05) is 6.54 Å². The molecule has 1 heterocycles. The Morgan fingerprint density at radius 1 is 1.03 bits per heavy atom. The first-order chi connectivity index (χ1) is 16.2. The molecule has 36 heavy (non-hydrogen) atoms. The molecule has 0 saturated carbocycles. The summed E-state index contributed by atoms with van der Waals surface area (Å²) in [5.74, 6) is -2.74. The molecule has 1 unspecified atom stereocenters. The van der Waals surface area contributed by atoms with Gasteiger partial charge in [-0.2, -0.15) is 0 Å². The Morgan fingerprint density at radius 2 is 1.56 bits per heavy atom. The minimum absolute atomic E-state index is 0.0431. The fourth-order valence-corrected chi connectivity index (χ4v) is 4.01. The Hall–Kier alpha value is -2.54. The number of rotatable bonds is 8. The smallest absolute Gasteiger partial charge is 0.451 e. The van der Waals surface area contributed by atoms with E-state index in [-0.39, 0.29) is 38.2 Å². The lowest BCUT2D eigenvalue weighted by Gasteiger charge is -2.45. The van der Waals surface area contributed by atoms with Gasteiger partial charge < -0.3 is 40.2 Å². The van der Waals surface area contributed by atoms with Gasteiger partial charge >= 0.3 is 25.3 Å². The minimum Gasteiger partial charge on any atom is -0.479 e. The molecule has 13 heteroatoms. The zero-order chi connectivity index (χ0) is 28.1. The lowest BCUT2D eigenvalue weighted by molar-refractivity contribution is -0.152. The molecule has 206 valence electrons. The predicted molar refractivity (Wildman–Crippen MR) is 132 cm³/mol. The summed E-state index contributed by atoms with van der Waals surface area (Å²) in [5.41, 5.74) is -3.55. The van der Waals surface area contributed by atoms with Crippen molar-refractivity contribution in [3.63, 3.8) is 0 Å². The van der Waals surface area contributed by atoms with E-state index in [1.807, 2.05) is 0 Å². The van der Waals surface area contributed by atoms with E-state index >= 15 is 0 Å². The Bertz CT molecular complexity index is 808. The highest BCUT2D eigenvalue weighted by Gasteiger charge is 2.50. The molecule has 1 aliphatic heterocycles. The van der Waals surface area contributed by atoms with E-state index in [0.717, 1.165) is 0 Å². The van der Waals surface area contributed by atoms with Gasteiger partial charge in [0.1, 0.15) is 17.2 Å². The Morgan fingerprint density at radius 3 is 2.00 bits per heavy atom. The van der Waals surface area contributed by atoms with Gasteiger partial charge in [-0.05, 0) is 66.1 Å². The molecule has 0 aromatic rings. The van der Waals surface area contributed by atoms with Crippen molar-refractivity contribution >= 4 is 31.2 Å². The maximum absolute atomic E-state index is 13.6. The van der Waals surface area contributed by atoms with Gasteiger partial charge in [0.25, 0.3) is 0 Å². The van der Waals surface area contributed by atoms with E-state index in [0.29, 0.717) is 0 Å². The van der Waals surface area contributed by atoms with Crippen LogP contribution in [0.2, 0.25) is 6.32 Å². The van der Waals surface area contributed by atoms with Gasteiger partial charge in [-0.15, -0.1) is 0 Å². The zero-order valence-electron chi connectivity index (χ0n) is 22.6. The van der Waals surface area contributed by atoms with Gasteiger partial charge in [0.05, 0.1) is 6.54 Å². The molecule has 0 aromatic carbocycles. The van der Waals surface area contributed by atoms with E-state index in [4.69, 9.17) is 9.47 Å². The molecule has 5 N–H and O–H groups in total. The maximum atomic E-state index is 13.6. The number of carbonyl (C=O) groups excluding carboxylic acids is 3. The molecule has 0 aliphatic carbocycles. The van der Waals surface area contributed by atoms with Crippen molar-refractivity contribution < 1.29 is 43.8 Å². The van der Waals surface area contributed by atoms with Crippen LogP contribution in [0.1, 0.15) is 68.2 Å². The standard InChI is InChI=1S/C23H42BN3O9/c1-14(2)16(25-19(31)35-21(3,4)5)17(28)27-12-15(9-10-24(33)34)11-23(13-27,18(29)30)26-20(32)36-22(6,7)8/h14-16,33-34H,9-13H2,1-8H3,(H,25,31)(H,26,32)(H,29,30)/t15-,16?,23+/m0/s1. The molecule has 3 atom stereocenters. The number of likely N-dealkylation sites (tertiary alicyclic amines) is 1. The Kier molecular flexibility index (Phi) is 10.6. The van der Waals surface area contributed by atoms with Crippen LogP contribution in [-0.2, 0) is 19.1 Å². The highest BCUT2D eigenvalue weighted by molar-refractivity contribution is 6.40. The SMILES string of the molecule is CC(C)C(NC(=O)OC(C)(C)C)C(=O)N1C[C@@H](CCB(O)O)C[C@](NC(=O)OC(C)(C)C)(C(=O)O)C1. The first kappa shape index (κ1) is 31.5. The van der Waals surface area contributed by atoms with Crippen LogP contribution in [0.4, 0.5) is 9.59 Å². The molecule has 1 aliphatic rings. The third kappa shape index (κ3) is 10.2. The number of carboxylic acid groups (broad SMARTS) is 1. The van der Waals surface area contributed by atoms with Crippen molar-refractivity contribution in [2.24, 2.45) is 11.8 Å². The number of ether oxygens (including phenoxy) is 2. The van der Waals surface area contributed by atoms with Crippen LogP contribution in [0, 0.1) is 11.8 Å². The number of piperidine rings is 1. The van der Waals surface area contributed by atoms with Crippen molar-refractivity contribution in [3.05, 3.63) is 0 Å². The van der Waals surface area contributed by atoms with Crippen LogP contribution in [0.15, 0.2) is 0 Å². The van der Waals surface area contributed by atoms with Crippen molar-refractivity contribution in [2.75, 3.05) is 13.1 Å². The number of carboxylic acids is 1. The predicted octanol–water partition coefficient (Wildman–Crippen LogP) is 1.60. The molecule has 0 bridgehead atoms. The van der Waals surface area contributed by atoms with Crippen LogP contribution < -0.4 is 10.6 Å². The van der Waals surface area contributed by atoms with Crippen LogP contribution in [0.5, 0.6) is 0 Å². The average Bonchev–Trinajstić information content (AvgIpc) is 2.66. The van der Waals surface area contributed by atoms with Gasteiger partial charge in [0.2, 0.25) is 5.91 Å². The van der Waals surface area contributed by atoms with E-state index in [1.165, 1.54) is 4.90 Å². The van der Waals surface area contributed by atoms with Crippen LogP contribution in [0.25, 0.3) is 0 Å². The van der Waals surface area contributed by atoms with Gasteiger partial charge in [-0.25, -0.2) is 14.4 Å². The number of alkyl carbamates (subject to hydrolysis) is 2. The fraction of sp³-hybridized carbons (Fsp3) is 0.826. The van der Waals surface area contributed by atoms with Crippen molar-refractivity contribution in [1.29, 1.82) is 0 Å². The highest BCUT2D eigenvalue weighted by atomic mass is 16.6. The molecule has 3 amide bonds. The largest absolute Gasteiger partial charge is 0.479 e. The molecular weight excluding hydrogens is 473 g/mol. The Balaban J connectivity index is 3.28. The quantitative estimate of drug-likeness (QED) is 0.301. The van der Waals surface area contributed by atoms with Crippen molar-refractivity contribution in [3.8, 4) is 0 Å². The molecule has 0 spiro atoms. The summed E-state index contributed by atoms with van der Waals surface area (Å²) in [4.78, 5) is 52.3. The van der Waals surface area contributed by atoms with Crippen molar-refractivity contribution in [2.45, 2.75) is 97.3 Å². The molecular formula is C23H42BN3O9. The summed E-state index contributed by atoms with van der Waals surface area (Å²) in [6.07, 6.45) is -1.64. The minimum atomic E-state index is -1.88. The zero-order valence-corrected chi connectivity index (χ0v) is 22.6. The summed E-state index contributed by atoms with van der Waals surface area (Å²) >= 11 is 0. The van der Waals surface area contributed by atoms with Gasteiger partial charge in [-0.1, -0.05) is 20.3 Å². The van der Waals surface area contributed by atoms with Gasteiger partial charge in [-0.3, -0.25) is 4.79 Å². The first-order valence-electron chi connectivity index (χ1n) is 12.1. The number of hydrogen-bond acceptors (Lipinski definition) is 8. The number of carbonyl (C=O) groups is 4. The number of amides is 3. The maximum Gasteiger partial charge on any atom is 0.451 e. The summed E-state index contributed by atoms with van der Waals surface area (Å²) < 4.78 is 10.5. The van der Waals surface area contributed by atoms with Crippen LogP contribution in [0.3, 0.4) is 0 Å². The van der Waals surface area contributed by atoms with E-state index in [9.17, 15) is 34.3 Å². The van der Waals surface area contributed by atoms with E-state index < -0.39 is 59.9 Å². The summed E-state index contributed by atoms with van der Waals surface area (Å²) in [6, 6.07) is -1.02. The third-order valence-electron chi connectivity index (χ3n) is 5.48. The topological polar surface area (TPSA) is 175 Å². The summed E-state index contributed by atoms with van der Waals surface area (Å²) in [5, 5.41) is 33.8. The third-order valence-corrected chi connectivity index (χ3v) is 5.48. The first-order valence-corrected chi connectivity index (χ1v) is 12.1. The number of nitrogens with zero attached hydrogens (tertiary/aromatic N) is 1. The van der Waals surface area contributed by atoms with Crippen LogP contribution in [-0.4, -0.2) is 87.1 Å². The molecule has 0 radical (unpaired) electrons. The second kappa shape index (κ2) is 12.1. The molecule has 1 rings (SSSR count). The fourth-order valence-electron chi connectivity index (χ4n) is 4.01. The van der Waals surface area contributed by atoms with Crippen LogP contribution >= 0.6 is 0 Å². The number of hydrogen-bond donors (Lipinski definition) is 5. The Labute approximate surface area is 213 Å². The van der Waals surface area contributed by atoms with Gasteiger partial charge in [0.15, 0.2) is 5.54 Å². The summed E-state index contributed by atoms with van der Waals surface area (Å²) in [6.45, 7) is 13.2. The molecule has 0 aromatic heterocycles. The highest BCUT2D eigenvalue weighted by Crippen LogP contribution is 2.31. The monoisotopic (exact) mass is 515 g/mol. The molecule has 12 nitrogen and oxygen atoms in total. The average molecular weight is 515 g/mol. The lowest BCUT2D eigenvalue weighted by Crippen LogP contribution is -2.68. The molecule has 1 fully saturated rings. The summed E-state index contributed by atoms with van der Waals surface area (Å²) in [7, 11) is -1.61. The second-order valence-electron chi connectivity index (χ2n) is 11.7. The molecule has 1 saturated heterocycles. The number of aliphatic carboxylic acids is 1. The second-order valence-corrected chi connectivity index (χ2v) is 11.7. The number of nitrogens with one attached hydrogen (secondary N) is 2. The van der Waals surface area contributed by atoms with Crippen molar-refractivity contribution in [1.82, 2.24) is 15.5 Å². The lowest BCUT2D eigenvalue weighted by atomic mass is 9.74.